The van der Waals surface area contributed by atoms with E-state index in [1.807, 2.05) is 11.8 Å². The summed E-state index contributed by atoms with van der Waals surface area (Å²) in [5.41, 5.74) is -1.35. The summed E-state index contributed by atoms with van der Waals surface area (Å²) in [6.45, 7) is 3.85. The van der Waals surface area contributed by atoms with Crippen molar-refractivity contribution in [2.45, 2.75) is 36.9 Å². The number of rotatable bonds is 5. The van der Waals surface area contributed by atoms with Crippen LogP contribution in [0.3, 0.4) is 0 Å². The first-order valence-electron chi connectivity index (χ1n) is 10.0. The average molecular weight is 581 g/mol. The molecule has 10 heteroatoms. The van der Waals surface area contributed by atoms with Crippen LogP contribution in [0.2, 0.25) is 10.0 Å². The van der Waals surface area contributed by atoms with Crippen LogP contribution in [0.15, 0.2) is 41.6 Å². The minimum absolute atomic E-state index is 0.00172. The molecule has 2 heterocycles. The average Bonchev–Trinajstić information content (AvgIpc) is 3.04. The summed E-state index contributed by atoms with van der Waals surface area (Å²) in [6, 6.07) is 8.59. The van der Waals surface area contributed by atoms with Crippen molar-refractivity contribution in [3.63, 3.8) is 0 Å². The fraction of sp³-hybridized carbons (Fsp3) is 0.391. The van der Waals surface area contributed by atoms with Gasteiger partial charge in [0.1, 0.15) is 10.5 Å². The van der Waals surface area contributed by atoms with Gasteiger partial charge in [-0.15, -0.1) is 0 Å². The summed E-state index contributed by atoms with van der Waals surface area (Å²) in [5.74, 6) is 1.92. The summed E-state index contributed by atoms with van der Waals surface area (Å²) >= 11 is 16.9. The maximum absolute atomic E-state index is 14.4. The first-order chi connectivity index (χ1) is 15.4. The number of benzene rings is 2. The zero-order chi connectivity index (χ0) is 24.2. The molecule has 0 radical (unpaired) electrons. The largest absolute Gasteiger partial charge is 0.436 e. The molecule has 176 valence electrons. The topological polar surface area (TPSA) is 38.7 Å². The van der Waals surface area contributed by atoms with Gasteiger partial charge in [0.2, 0.25) is 0 Å². The van der Waals surface area contributed by atoms with Crippen molar-refractivity contribution in [3.8, 4) is 0 Å². The Morgan fingerprint density at radius 3 is 2.36 bits per heavy atom. The summed E-state index contributed by atoms with van der Waals surface area (Å²) in [7, 11) is 0. The standard InChI is InChI=1S/C23H19BrCl2F3NO2S/c1-12-5-13(3-4-17(12)18(31)9-21(2)10-33-11-21)19-20(24)22(32-30-19,23(27,28)29)14-6-15(25)8-16(26)7-14/h3-8,20H,9-11H2,1-2H3. The number of halogens is 6. The lowest BCUT2D eigenvalue weighted by molar-refractivity contribution is -0.273. The maximum Gasteiger partial charge on any atom is 0.436 e. The number of aryl methyl sites for hydroxylation is 1. The van der Waals surface area contributed by atoms with Gasteiger partial charge in [-0.1, -0.05) is 63.3 Å². The normalized spacial score (nSPS) is 24.1. The highest BCUT2D eigenvalue weighted by Gasteiger charge is 2.67. The van der Waals surface area contributed by atoms with Gasteiger partial charge in [-0.2, -0.15) is 24.9 Å². The Morgan fingerprint density at radius 1 is 1.21 bits per heavy atom. The molecule has 0 amide bonds. The van der Waals surface area contributed by atoms with Gasteiger partial charge in [-0.3, -0.25) is 4.79 Å². The third-order valence-electron chi connectivity index (χ3n) is 5.91. The Labute approximate surface area is 212 Å². The summed E-state index contributed by atoms with van der Waals surface area (Å²) in [4.78, 5) is 16.6. The minimum Gasteiger partial charge on any atom is -0.373 e. The number of alkyl halides is 4. The van der Waals surface area contributed by atoms with E-state index < -0.39 is 16.6 Å². The van der Waals surface area contributed by atoms with Gasteiger partial charge in [-0.05, 0) is 53.7 Å². The molecule has 2 unspecified atom stereocenters. The van der Waals surface area contributed by atoms with E-state index in [0.717, 1.165) is 11.5 Å². The first kappa shape index (κ1) is 24.9. The molecule has 0 aliphatic carbocycles. The molecule has 2 aromatic rings. The lowest BCUT2D eigenvalue weighted by atomic mass is 9.84. The predicted molar refractivity (Wildman–Crippen MR) is 130 cm³/mol. The smallest absolute Gasteiger partial charge is 0.373 e. The molecule has 1 fully saturated rings. The van der Waals surface area contributed by atoms with E-state index in [1.165, 1.54) is 18.2 Å². The second-order valence-electron chi connectivity index (χ2n) is 8.76. The molecule has 2 aliphatic rings. The van der Waals surface area contributed by atoms with Gasteiger partial charge in [0.25, 0.3) is 5.60 Å². The van der Waals surface area contributed by atoms with E-state index >= 15 is 0 Å². The van der Waals surface area contributed by atoms with E-state index in [1.54, 1.807) is 25.1 Å². The molecule has 0 saturated carbocycles. The van der Waals surface area contributed by atoms with Crippen LogP contribution in [0.5, 0.6) is 0 Å². The van der Waals surface area contributed by atoms with Gasteiger partial charge in [0.05, 0.1) is 0 Å². The Kier molecular flexibility index (Phi) is 6.62. The van der Waals surface area contributed by atoms with Crippen LogP contribution in [-0.4, -0.2) is 34.0 Å². The highest BCUT2D eigenvalue weighted by atomic mass is 79.9. The second kappa shape index (κ2) is 8.77. The molecule has 0 spiro atoms. The second-order valence-corrected chi connectivity index (χ2v) is 11.5. The van der Waals surface area contributed by atoms with Crippen molar-refractivity contribution in [2.75, 3.05) is 11.5 Å². The number of hydrogen-bond acceptors (Lipinski definition) is 4. The lowest BCUT2D eigenvalue weighted by Gasteiger charge is -2.37. The molecule has 0 N–H and O–H groups in total. The van der Waals surface area contributed by atoms with Crippen LogP contribution in [-0.2, 0) is 10.4 Å². The molecule has 2 atom stereocenters. The van der Waals surface area contributed by atoms with Gasteiger partial charge >= 0.3 is 6.18 Å². The van der Waals surface area contributed by atoms with E-state index in [0.29, 0.717) is 23.1 Å². The van der Waals surface area contributed by atoms with E-state index in [4.69, 9.17) is 28.0 Å². The highest BCUT2D eigenvalue weighted by Crippen LogP contribution is 2.52. The van der Waals surface area contributed by atoms with Crippen LogP contribution in [0, 0.1) is 12.3 Å². The van der Waals surface area contributed by atoms with Gasteiger partial charge in [0.15, 0.2) is 5.78 Å². The molecule has 1 saturated heterocycles. The van der Waals surface area contributed by atoms with Gasteiger partial charge in [0, 0.05) is 33.2 Å². The van der Waals surface area contributed by atoms with Crippen LogP contribution < -0.4 is 0 Å². The number of thioether (sulfide) groups is 1. The first-order valence-corrected chi connectivity index (χ1v) is 12.8. The number of nitrogens with zero attached hydrogens (tertiary/aromatic N) is 1. The molecule has 2 aromatic carbocycles. The zero-order valence-corrected chi connectivity index (χ0v) is 21.5. The van der Waals surface area contributed by atoms with E-state index in [9.17, 15) is 18.0 Å². The highest BCUT2D eigenvalue weighted by molar-refractivity contribution is 9.10. The van der Waals surface area contributed by atoms with Crippen LogP contribution in [0.4, 0.5) is 13.2 Å². The Balaban J connectivity index is 1.66. The summed E-state index contributed by atoms with van der Waals surface area (Å²) in [5, 5.41) is 3.92. The van der Waals surface area contributed by atoms with Crippen LogP contribution >= 0.6 is 50.9 Å². The predicted octanol–water partition coefficient (Wildman–Crippen LogP) is 7.58. The third kappa shape index (κ3) is 4.44. The molecule has 0 aromatic heterocycles. The van der Waals surface area contributed by atoms with Crippen LogP contribution in [0.25, 0.3) is 0 Å². The van der Waals surface area contributed by atoms with Crippen molar-refractivity contribution >= 4 is 62.4 Å². The monoisotopic (exact) mass is 579 g/mol. The fourth-order valence-electron chi connectivity index (χ4n) is 4.10. The maximum atomic E-state index is 14.4. The number of Topliss-reactive ketones (excluding diaryl/α,β-unsaturated/α-hetero) is 1. The fourth-order valence-corrected chi connectivity index (χ4v) is 6.69. The number of hydrogen-bond donors (Lipinski definition) is 0. The Bertz CT molecular complexity index is 1130. The van der Waals surface area contributed by atoms with Crippen molar-refractivity contribution < 1.29 is 22.8 Å². The Hall–Kier alpha value is -1.22. The molecular formula is C23H19BrCl2F3NO2S. The SMILES string of the molecule is Cc1cc(C2=NOC(c3cc(Cl)cc(Cl)c3)(C(F)(F)F)C2Br)ccc1C(=O)CC1(C)CSC1. The van der Waals surface area contributed by atoms with Crippen molar-refractivity contribution in [1.29, 1.82) is 0 Å². The van der Waals surface area contributed by atoms with Crippen molar-refractivity contribution in [2.24, 2.45) is 10.6 Å². The lowest BCUT2D eigenvalue weighted by Crippen LogP contribution is -2.50. The molecule has 2 aliphatic heterocycles. The molecular weight excluding hydrogens is 562 g/mol. The van der Waals surface area contributed by atoms with E-state index in [2.05, 4.69) is 28.0 Å². The zero-order valence-electron chi connectivity index (χ0n) is 17.6. The number of ketones is 1. The number of carbonyl (C=O) groups excluding carboxylic acids is 1. The molecule has 0 bridgehead atoms. The van der Waals surface area contributed by atoms with Crippen molar-refractivity contribution in [1.82, 2.24) is 0 Å². The third-order valence-corrected chi connectivity index (χ3v) is 9.23. The quantitative estimate of drug-likeness (QED) is 0.270. The van der Waals surface area contributed by atoms with Crippen LogP contribution in [0.1, 0.15) is 40.4 Å². The van der Waals surface area contributed by atoms with Crippen molar-refractivity contribution in [3.05, 3.63) is 68.7 Å². The van der Waals surface area contributed by atoms with Gasteiger partial charge in [-0.25, -0.2) is 0 Å². The molecule has 4 rings (SSSR count). The number of oxime groups is 1. The summed E-state index contributed by atoms with van der Waals surface area (Å²) in [6.07, 6.45) is -4.39. The summed E-state index contributed by atoms with van der Waals surface area (Å²) < 4.78 is 43.2. The van der Waals surface area contributed by atoms with Gasteiger partial charge < -0.3 is 4.84 Å². The Morgan fingerprint density at radius 2 is 1.85 bits per heavy atom. The molecule has 3 nitrogen and oxygen atoms in total. The molecule has 33 heavy (non-hydrogen) atoms. The minimum atomic E-state index is -4.83. The number of carbonyl (C=O) groups is 1. The van der Waals surface area contributed by atoms with E-state index in [-0.39, 0.29) is 32.5 Å².